The number of rotatable bonds is 8. The summed E-state index contributed by atoms with van der Waals surface area (Å²) in [6.45, 7) is 4.63. The number of hydrogen-bond donors (Lipinski definition) is 3. The van der Waals surface area contributed by atoms with Crippen LogP contribution in [0.25, 0.3) is 0 Å². The van der Waals surface area contributed by atoms with E-state index in [0.717, 1.165) is 12.1 Å². The molecule has 1 heterocycles. The molecule has 124 valence electrons. The van der Waals surface area contributed by atoms with Crippen LogP contribution in [0.3, 0.4) is 0 Å². The lowest BCUT2D eigenvalue weighted by Crippen LogP contribution is -2.26. The Balaban J connectivity index is 2.12. The van der Waals surface area contributed by atoms with Gasteiger partial charge in [-0.1, -0.05) is 26.0 Å². The van der Waals surface area contributed by atoms with Crippen molar-refractivity contribution in [2.75, 3.05) is 18.5 Å². The number of amides is 1. The Morgan fingerprint density at radius 2 is 2.09 bits per heavy atom. The third-order valence-corrected chi connectivity index (χ3v) is 4.44. The molecule has 0 bridgehead atoms. The fourth-order valence-corrected chi connectivity index (χ4v) is 3.22. The van der Waals surface area contributed by atoms with Crippen molar-refractivity contribution >= 4 is 22.9 Å². The van der Waals surface area contributed by atoms with Crippen molar-refractivity contribution in [3.05, 3.63) is 52.2 Å². The molecular formula is C18H24N2O2S. The summed E-state index contributed by atoms with van der Waals surface area (Å²) in [5, 5.41) is 17.1. The standard InChI is InChI=1S/C18H24N2O2S/c1-13(2)11-16(17-7-4-10-23-17)20-15-6-3-5-14(12-15)18(22)19-8-9-21/h3-7,10,12-13,16,20-21H,8-9,11H2,1-2H3,(H,19,22). The number of anilines is 1. The maximum atomic E-state index is 12.0. The van der Waals surface area contributed by atoms with E-state index in [4.69, 9.17) is 5.11 Å². The lowest BCUT2D eigenvalue weighted by molar-refractivity contribution is 0.0945. The van der Waals surface area contributed by atoms with Crippen molar-refractivity contribution in [1.29, 1.82) is 0 Å². The first-order chi connectivity index (χ1) is 11.1. The van der Waals surface area contributed by atoms with Gasteiger partial charge in [-0.15, -0.1) is 11.3 Å². The van der Waals surface area contributed by atoms with E-state index in [1.54, 1.807) is 17.4 Å². The topological polar surface area (TPSA) is 61.4 Å². The van der Waals surface area contributed by atoms with E-state index < -0.39 is 0 Å². The van der Waals surface area contributed by atoms with Crippen LogP contribution in [0.15, 0.2) is 41.8 Å². The fraction of sp³-hybridized carbons (Fsp3) is 0.389. The zero-order valence-corrected chi connectivity index (χ0v) is 14.4. The molecular weight excluding hydrogens is 308 g/mol. The monoisotopic (exact) mass is 332 g/mol. The van der Waals surface area contributed by atoms with E-state index in [9.17, 15) is 4.79 Å². The molecule has 2 rings (SSSR count). The molecule has 0 saturated carbocycles. The van der Waals surface area contributed by atoms with Crippen LogP contribution < -0.4 is 10.6 Å². The van der Waals surface area contributed by atoms with Gasteiger partial charge in [0.2, 0.25) is 0 Å². The van der Waals surface area contributed by atoms with E-state index in [0.29, 0.717) is 11.5 Å². The van der Waals surface area contributed by atoms with Crippen molar-refractivity contribution in [1.82, 2.24) is 5.32 Å². The molecule has 1 aromatic heterocycles. The second-order valence-corrected chi connectivity index (χ2v) is 6.88. The molecule has 1 aromatic carbocycles. The van der Waals surface area contributed by atoms with E-state index >= 15 is 0 Å². The molecule has 0 spiro atoms. The van der Waals surface area contributed by atoms with Gasteiger partial charge >= 0.3 is 0 Å². The molecule has 1 atom stereocenters. The van der Waals surface area contributed by atoms with Crippen LogP contribution in [0, 0.1) is 5.92 Å². The highest BCUT2D eigenvalue weighted by molar-refractivity contribution is 7.10. The minimum atomic E-state index is -0.167. The number of benzene rings is 1. The molecule has 0 fully saturated rings. The van der Waals surface area contributed by atoms with Crippen LogP contribution in [0.2, 0.25) is 0 Å². The highest BCUT2D eigenvalue weighted by Crippen LogP contribution is 2.29. The summed E-state index contributed by atoms with van der Waals surface area (Å²) in [5.41, 5.74) is 1.53. The fourth-order valence-electron chi connectivity index (χ4n) is 2.43. The van der Waals surface area contributed by atoms with Crippen molar-refractivity contribution in [2.45, 2.75) is 26.3 Å². The third-order valence-electron chi connectivity index (χ3n) is 3.46. The molecule has 3 N–H and O–H groups in total. The Hall–Kier alpha value is -1.85. The third kappa shape index (κ3) is 5.37. The Bertz CT molecular complexity index is 611. The van der Waals surface area contributed by atoms with E-state index in [1.165, 1.54) is 4.88 Å². The quantitative estimate of drug-likeness (QED) is 0.691. The Labute approximate surface area is 141 Å². The van der Waals surface area contributed by atoms with Gasteiger partial charge in [-0.3, -0.25) is 4.79 Å². The zero-order chi connectivity index (χ0) is 16.7. The van der Waals surface area contributed by atoms with Crippen LogP contribution in [0.1, 0.15) is 41.5 Å². The average Bonchev–Trinajstić information content (AvgIpc) is 3.06. The first-order valence-corrected chi connectivity index (χ1v) is 8.77. The molecule has 0 aliphatic heterocycles. The van der Waals surface area contributed by atoms with Crippen LogP contribution >= 0.6 is 11.3 Å². The maximum Gasteiger partial charge on any atom is 0.251 e. The largest absolute Gasteiger partial charge is 0.395 e. The maximum absolute atomic E-state index is 12.0. The second-order valence-electron chi connectivity index (χ2n) is 5.90. The summed E-state index contributed by atoms with van der Waals surface area (Å²) >= 11 is 1.74. The number of thiophene rings is 1. The molecule has 1 unspecified atom stereocenters. The molecule has 1 amide bonds. The molecule has 4 nitrogen and oxygen atoms in total. The Kier molecular flexibility index (Phi) is 6.62. The number of carbonyl (C=O) groups is 1. The normalized spacial score (nSPS) is 12.2. The molecule has 0 aliphatic rings. The molecule has 23 heavy (non-hydrogen) atoms. The van der Waals surface area contributed by atoms with Gasteiger partial charge in [0.1, 0.15) is 0 Å². The Morgan fingerprint density at radius 3 is 2.74 bits per heavy atom. The van der Waals surface area contributed by atoms with Crippen molar-refractivity contribution in [3.8, 4) is 0 Å². The molecule has 0 saturated heterocycles. The number of nitrogens with one attached hydrogen (secondary N) is 2. The summed E-state index contributed by atoms with van der Waals surface area (Å²) in [6, 6.07) is 11.9. The van der Waals surface area contributed by atoms with E-state index in [-0.39, 0.29) is 25.1 Å². The van der Waals surface area contributed by atoms with Crippen LogP contribution in [0.5, 0.6) is 0 Å². The van der Waals surface area contributed by atoms with E-state index in [1.807, 2.05) is 18.2 Å². The lowest BCUT2D eigenvalue weighted by atomic mass is 10.0. The number of aliphatic hydroxyl groups excluding tert-OH is 1. The van der Waals surface area contributed by atoms with Gasteiger partial charge in [0.15, 0.2) is 0 Å². The van der Waals surface area contributed by atoms with Gasteiger partial charge in [-0.05, 0) is 42.0 Å². The zero-order valence-electron chi connectivity index (χ0n) is 13.6. The lowest BCUT2D eigenvalue weighted by Gasteiger charge is -2.21. The molecule has 0 aliphatic carbocycles. The summed E-state index contributed by atoms with van der Waals surface area (Å²) in [5.74, 6) is 0.407. The summed E-state index contributed by atoms with van der Waals surface area (Å²) in [4.78, 5) is 13.3. The molecule has 2 aromatic rings. The first kappa shape index (κ1) is 17.5. The number of carbonyl (C=O) groups excluding carboxylic acids is 1. The van der Waals surface area contributed by atoms with Crippen molar-refractivity contribution < 1.29 is 9.90 Å². The minimum Gasteiger partial charge on any atom is -0.395 e. The Morgan fingerprint density at radius 1 is 1.26 bits per heavy atom. The first-order valence-electron chi connectivity index (χ1n) is 7.89. The van der Waals surface area contributed by atoms with E-state index in [2.05, 4.69) is 42.0 Å². The molecule has 5 heteroatoms. The highest BCUT2D eigenvalue weighted by Gasteiger charge is 2.15. The van der Waals surface area contributed by atoms with Crippen molar-refractivity contribution in [3.63, 3.8) is 0 Å². The predicted molar refractivity (Wildman–Crippen MR) is 96.0 cm³/mol. The predicted octanol–water partition coefficient (Wildman–Crippen LogP) is 3.67. The average molecular weight is 332 g/mol. The van der Waals surface area contributed by atoms with Crippen LogP contribution in [0.4, 0.5) is 5.69 Å². The number of hydrogen-bond acceptors (Lipinski definition) is 4. The van der Waals surface area contributed by atoms with Gasteiger partial charge in [-0.2, -0.15) is 0 Å². The highest BCUT2D eigenvalue weighted by atomic mass is 32.1. The van der Waals surface area contributed by atoms with Gasteiger partial charge in [0.05, 0.1) is 12.6 Å². The SMILES string of the molecule is CC(C)CC(Nc1cccc(C(=O)NCCO)c1)c1cccs1. The van der Waals surface area contributed by atoms with Crippen molar-refractivity contribution in [2.24, 2.45) is 5.92 Å². The van der Waals surface area contributed by atoms with Gasteiger partial charge in [-0.25, -0.2) is 0 Å². The van der Waals surface area contributed by atoms with Crippen LogP contribution in [-0.4, -0.2) is 24.2 Å². The molecule has 0 radical (unpaired) electrons. The van der Waals surface area contributed by atoms with Crippen LogP contribution in [-0.2, 0) is 0 Å². The smallest absolute Gasteiger partial charge is 0.251 e. The number of aliphatic hydroxyl groups is 1. The summed E-state index contributed by atoms with van der Waals surface area (Å²) in [6.07, 6.45) is 1.03. The van der Waals surface area contributed by atoms with Gasteiger partial charge in [0, 0.05) is 22.7 Å². The van der Waals surface area contributed by atoms with Gasteiger partial charge < -0.3 is 15.7 Å². The second kappa shape index (κ2) is 8.70. The summed E-state index contributed by atoms with van der Waals surface area (Å²) < 4.78 is 0. The van der Waals surface area contributed by atoms with Gasteiger partial charge in [0.25, 0.3) is 5.91 Å². The summed E-state index contributed by atoms with van der Waals surface area (Å²) in [7, 11) is 0. The minimum absolute atomic E-state index is 0.0570.